The van der Waals surface area contributed by atoms with Crippen LogP contribution in [-0.2, 0) is 4.79 Å². The van der Waals surface area contributed by atoms with Gasteiger partial charge in [-0.25, -0.2) is 0 Å². The second kappa shape index (κ2) is 9.98. The molecular weight excluding hydrogens is 451 g/mol. The van der Waals surface area contributed by atoms with Crippen molar-refractivity contribution >= 4 is 29.1 Å². The molecule has 2 aromatic carbocycles. The molecule has 2 aliphatic rings. The molecule has 1 N–H and O–H groups in total. The van der Waals surface area contributed by atoms with E-state index in [-0.39, 0.29) is 11.9 Å². The molecule has 0 saturated carbocycles. The van der Waals surface area contributed by atoms with Crippen LogP contribution >= 0.6 is 23.2 Å². The number of benzene rings is 2. The Kier molecular flexibility index (Phi) is 7.43. The summed E-state index contributed by atoms with van der Waals surface area (Å²) in [7, 11) is 0. The maximum Gasteiger partial charge on any atom is 0.219 e. The molecule has 0 aromatic heterocycles. The second-order valence-corrected chi connectivity index (χ2v) is 11.2. The fourth-order valence-electron chi connectivity index (χ4n) is 6.44. The number of carbonyl (C=O) groups is 1. The minimum absolute atomic E-state index is 0.160. The van der Waals surface area contributed by atoms with Gasteiger partial charge in [-0.05, 0) is 91.5 Å². The molecule has 0 bridgehead atoms. The number of halogens is 2. The summed E-state index contributed by atoms with van der Waals surface area (Å²) in [4.78, 5) is 14.3. The Bertz CT molecular complexity index is 1020. The standard InChI is InChI=1S/C28H36Cl2N2O/c1-16(2)26-25(15-22-7-6-12-32(22)19(5)33)31-28(24-14-21(30)9-8-17(24)3)27(26)23-11-10-20(29)13-18(23)4/h8-11,13-14,16,22,25-28,31H,6-7,12,15H2,1-5H3/t22-,25?,26?,27?,28?/m0/s1. The van der Waals surface area contributed by atoms with Crippen molar-refractivity contribution in [2.75, 3.05) is 6.54 Å². The number of rotatable bonds is 5. The van der Waals surface area contributed by atoms with Crippen molar-refractivity contribution in [1.29, 1.82) is 0 Å². The van der Waals surface area contributed by atoms with Crippen LogP contribution in [0.3, 0.4) is 0 Å². The SMILES string of the molecule is CC(=O)N1CCC[C@H]1CC1NC(c2cc(Cl)ccc2C)C(c2ccc(Cl)cc2C)C1C(C)C. The van der Waals surface area contributed by atoms with E-state index >= 15 is 0 Å². The van der Waals surface area contributed by atoms with E-state index in [9.17, 15) is 4.79 Å². The second-order valence-electron chi connectivity index (χ2n) is 10.3. The Hall–Kier alpha value is -1.55. The lowest BCUT2D eigenvalue weighted by Gasteiger charge is -2.33. The van der Waals surface area contributed by atoms with E-state index < -0.39 is 0 Å². The predicted octanol–water partition coefficient (Wildman–Crippen LogP) is 7.08. The fourth-order valence-corrected chi connectivity index (χ4v) is 6.85. The highest BCUT2D eigenvalue weighted by Crippen LogP contribution is 2.50. The van der Waals surface area contributed by atoms with Gasteiger partial charge in [0.15, 0.2) is 0 Å². The van der Waals surface area contributed by atoms with Gasteiger partial charge in [0.2, 0.25) is 5.91 Å². The van der Waals surface area contributed by atoms with E-state index in [1.165, 1.54) is 22.3 Å². The minimum atomic E-state index is 0.160. The Balaban J connectivity index is 1.78. The minimum Gasteiger partial charge on any atom is -0.340 e. The first kappa shape index (κ1) is 24.6. The Morgan fingerprint density at radius 1 is 1.06 bits per heavy atom. The zero-order valence-electron chi connectivity index (χ0n) is 20.4. The lowest BCUT2D eigenvalue weighted by molar-refractivity contribution is -0.129. The van der Waals surface area contributed by atoms with E-state index in [0.29, 0.717) is 29.8 Å². The summed E-state index contributed by atoms with van der Waals surface area (Å²) in [6.45, 7) is 11.6. The molecule has 4 unspecified atom stereocenters. The molecule has 1 amide bonds. The highest BCUT2D eigenvalue weighted by atomic mass is 35.5. The smallest absolute Gasteiger partial charge is 0.219 e. The molecule has 2 aliphatic heterocycles. The molecule has 33 heavy (non-hydrogen) atoms. The molecule has 178 valence electrons. The van der Waals surface area contributed by atoms with Crippen LogP contribution in [0.5, 0.6) is 0 Å². The van der Waals surface area contributed by atoms with Gasteiger partial charge >= 0.3 is 0 Å². The van der Waals surface area contributed by atoms with Crippen molar-refractivity contribution in [1.82, 2.24) is 10.2 Å². The Morgan fingerprint density at radius 3 is 2.42 bits per heavy atom. The molecule has 5 heteroatoms. The van der Waals surface area contributed by atoms with Crippen LogP contribution in [0.4, 0.5) is 0 Å². The number of carbonyl (C=O) groups excluding carboxylic acids is 1. The summed E-state index contributed by atoms with van der Waals surface area (Å²) < 4.78 is 0. The number of likely N-dealkylation sites (tertiary alicyclic amines) is 1. The van der Waals surface area contributed by atoms with E-state index in [0.717, 1.165) is 35.9 Å². The van der Waals surface area contributed by atoms with E-state index in [1.807, 2.05) is 12.1 Å². The number of amides is 1. The summed E-state index contributed by atoms with van der Waals surface area (Å²) in [5, 5.41) is 5.60. The average Bonchev–Trinajstić information content (AvgIpc) is 3.35. The third-order valence-electron chi connectivity index (χ3n) is 7.88. The first-order valence-electron chi connectivity index (χ1n) is 12.2. The van der Waals surface area contributed by atoms with Gasteiger partial charge in [-0.15, -0.1) is 0 Å². The summed E-state index contributed by atoms with van der Waals surface area (Å²) in [5.41, 5.74) is 5.11. The van der Waals surface area contributed by atoms with Crippen molar-refractivity contribution < 1.29 is 4.79 Å². The van der Waals surface area contributed by atoms with Crippen LogP contribution in [0, 0.1) is 25.7 Å². The van der Waals surface area contributed by atoms with Gasteiger partial charge in [0.05, 0.1) is 0 Å². The lowest BCUT2D eigenvalue weighted by atomic mass is 9.72. The van der Waals surface area contributed by atoms with Crippen LogP contribution in [0.25, 0.3) is 0 Å². The zero-order chi connectivity index (χ0) is 23.9. The molecule has 2 aromatic rings. The van der Waals surface area contributed by atoms with Gasteiger partial charge in [0.1, 0.15) is 0 Å². The maximum absolute atomic E-state index is 12.3. The van der Waals surface area contributed by atoms with Crippen LogP contribution in [-0.4, -0.2) is 29.4 Å². The van der Waals surface area contributed by atoms with Crippen molar-refractivity contribution in [3.63, 3.8) is 0 Å². The van der Waals surface area contributed by atoms with E-state index in [4.69, 9.17) is 23.2 Å². The molecule has 2 saturated heterocycles. The number of aryl methyl sites for hydroxylation is 2. The zero-order valence-corrected chi connectivity index (χ0v) is 21.9. The first-order valence-corrected chi connectivity index (χ1v) is 13.0. The summed E-state index contributed by atoms with van der Waals surface area (Å²) in [5.74, 6) is 1.42. The molecule has 2 fully saturated rings. The largest absolute Gasteiger partial charge is 0.340 e. The third-order valence-corrected chi connectivity index (χ3v) is 8.35. The van der Waals surface area contributed by atoms with E-state index in [1.54, 1.807) is 6.92 Å². The van der Waals surface area contributed by atoms with Crippen LogP contribution in [0.2, 0.25) is 10.0 Å². The molecule has 0 aliphatic carbocycles. The Labute approximate surface area is 208 Å². The lowest BCUT2D eigenvalue weighted by Crippen LogP contribution is -2.41. The van der Waals surface area contributed by atoms with Gasteiger partial charge in [-0.2, -0.15) is 0 Å². The molecular formula is C28H36Cl2N2O. The quantitative estimate of drug-likeness (QED) is 0.489. The maximum atomic E-state index is 12.3. The number of hydrogen-bond acceptors (Lipinski definition) is 2. The van der Waals surface area contributed by atoms with Crippen molar-refractivity contribution in [3.05, 3.63) is 68.7 Å². The number of nitrogens with zero attached hydrogens (tertiary/aromatic N) is 1. The first-order chi connectivity index (χ1) is 15.7. The van der Waals surface area contributed by atoms with Crippen LogP contribution in [0.1, 0.15) is 74.2 Å². The van der Waals surface area contributed by atoms with Crippen LogP contribution in [0.15, 0.2) is 36.4 Å². The predicted molar refractivity (Wildman–Crippen MR) is 138 cm³/mol. The van der Waals surface area contributed by atoms with E-state index in [2.05, 4.69) is 62.2 Å². The molecule has 0 radical (unpaired) electrons. The third kappa shape index (κ3) is 4.97. The summed E-state index contributed by atoms with van der Waals surface area (Å²) >= 11 is 12.8. The molecule has 0 spiro atoms. The highest BCUT2D eigenvalue weighted by molar-refractivity contribution is 6.31. The number of hydrogen-bond donors (Lipinski definition) is 1. The highest BCUT2D eigenvalue weighted by Gasteiger charge is 2.47. The monoisotopic (exact) mass is 486 g/mol. The van der Waals surface area contributed by atoms with Gasteiger partial charge in [-0.1, -0.05) is 49.2 Å². The summed E-state index contributed by atoms with van der Waals surface area (Å²) in [6.07, 6.45) is 3.18. The van der Waals surface area contributed by atoms with Crippen molar-refractivity contribution in [2.24, 2.45) is 11.8 Å². The molecule has 4 rings (SSSR count). The average molecular weight is 488 g/mol. The topological polar surface area (TPSA) is 32.3 Å². The number of nitrogens with one attached hydrogen (secondary N) is 1. The van der Waals surface area contributed by atoms with Gasteiger partial charge in [-0.3, -0.25) is 4.79 Å². The fraction of sp³-hybridized carbons (Fsp3) is 0.536. The molecule has 3 nitrogen and oxygen atoms in total. The van der Waals surface area contributed by atoms with Crippen molar-refractivity contribution in [3.8, 4) is 0 Å². The van der Waals surface area contributed by atoms with Crippen LogP contribution < -0.4 is 5.32 Å². The molecule has 5 atom stereocenters. The Morgan fingerprint density at radius 2 is 1.76 bits per heavy atom. The van der Waals surface area contributed by atoms with Gasteiger partial charge < -0.3 is 10.2 Å². The normalized spacial score (nSPS) is 27.5. The molecule has 2 heterocycles. The van der Waals surface area contributed by atoms with Gasteiger partial charge in [0.25, 0.3) is 0 Å². The van der Waals surface area contributed by atoms with Gasteiger partial charge in [0, 0.05) is 47.6 Å². The summed E-state index contributed by atoms with van der Waals surface area (Å²) in [6, 6.07) is 13.3. The van der Waals surface area contributed by atoms with Crippen molar-refractivity contribution in [2.45, 2.75) is 77.9 Å².